The molecule has 2 N–H and O–H groups in total. The number of allylic oxidation sites excluding steroid dienone is 1. The number of nitro groups is 1. The van der Waals surface area contributed by atoms with Gasteiger partial charge in [-0.3, -0.25) is 19.7 Å². The second kappa shape index (κ2) is 11.3. The van der Waals surface area contributed by atoms with Gasteiger partial charge in [-0.15, -0.1) is 0 Å². The number of carbonyl (C=O) groups excluding carboxylic acids is 2. The van der Waals surface area contributed by atoms with E-state index in [-0.39, 0.29) is 18.2 Å². The van der Waals surface area contributed by atoms with Crippen LogP contribution >= 0.6 is 0 Å². The van der Waals surface area contributed by atoms with Crippen molar-refractivity contribution < 1.29 is 24.0 Å². The van der Waals surface area contributed by atoms with E-state index < -0.39 is 16.7 Å². The van der Waals surface area contributed by atoms with Crippen LogP contribution in [0.3, 0.4) is 0 Å². The van der Waals surface area contributed by atoms with Crippen LogP contribution in [0.15, 0.2) is 89.7 Å². The molecule has 0 bridgehead atoms. The van der Waals surface area contributed by atoms with Gasteiger partial charge in [0, 0.05) is 23.9 Å². The summed E-state index contributed by atoms with van der Waals surface area (Å²) in [7, 11) is 0. The van der Waals surface area contributed by atoms with Crippen molar-refractivity contribution in [2.75, 3.05) is 6.79 Å². The highest BCUT2D eigenvalue weighted by molar-refractivity contribution is 6.05. The zero-order valence-corrected chi connectivity index (χ0v) is 18.8. The second-order valence-corrected chi connectivity index (χ2v) is 7.42. The molecule has 0 saturated carbocycles. The Morgan fingerprint density at radius 2 is 1.67 bits per heavy atom. The van der Waals surface area contributed by atoms with E-state index in [4.69, 9.17) is 9.47 Å². The topological polar surface area (TPSA) is 132 Å². The lowest BCUT2D eigenvalue weighted by molar-refractivity contribution is -0.384. The summed E-state index contributed by atoms with van der Waals surface area (Å²) in [5.41, 5.74) is 4.05. The Morgan fingerprint density at radius 3 is 2.42 bits per heavy atom. The van der Waals surface area contributed by atoms with Gasteiger partial charge in [-0.05, 0) is 59.7 Å². The van der Waals surface area contributed by atoms with Crippen LogP contribution in [-0.4, -0.2) is 29.7 Å². The lowest BCUT2D eigenvalue weighted by Gasteiger charge is -2.09. The quantitative estimate of drug-likeness (QED) is 0.216. The molecule has 1 aliphatic rings. The van der Waals surface area contributed by atoms with E-state index in [9.17, 15) is 19.7 Å². The van der Waals surface area contributed by atoms with Gasteiger partial charge in [0.15, 0.2) is 11.5 Å². The highest BCUT2D eigenvalue weighted by Crippen LogP contribution is 2.33. The minimum Gasteiger partial charge on any atom is -0.454 e. The Kier molecular flexibility index (Phi) is 7.47. The average molecular weight is 484 g/mol. The summed E-state index contributed by atoms with van der Waals surface area (Å²) < 4.78 is 10.7. The van der Waals surface area contributed by atoms with Crippen LogP contribution in [0.1, 0.15) is 21.5 Å². The highest BCUT2D eigenvalue weighted by Gasteiger charge is 2.16. The fourth-order valence-electron chi connectivity index (χ4n) is 3.17. The number of nitro benzene ring substituents is 1. The summed E-state index contributed by atoms with van der Waals surface area (Å²) in [6, 6.07) is 19.6. The Hall–Kier alpha value is -5.25. The summed E-state index contributed by atoms with van der Waals surface area (Å²) in [5.74, 6) is 0.0277. The molecule has 36 heavy (non-hydrogen) atoms. The van der Waals surface area contributed by atoms with E-state index in [1.165, 1.54) is 24.4 Å². The van der Waals surface area contributed by atoms with Gasteiger partial charge >= 0.3 is 0 Å². The summed E-state index contributed by atoms with van der Waals surface area (Å²) in [6.07, 6.45) is 6.07. The Labute approximate surface area is 205 Å². The van der Waals surface area contributed by atoms with Crippen molar-refractivity contribution in [3.05, 3.63) is 111 Å². The number of hydrogen-bond donors (Lipinski definition) is 2. The Bertz CT molecular complexity index is 1360. The molecular formula is C26H20N4O6. The molecule has 0 unspecified atom stereocenters. The van der Waals surface area contributed by atoms with Gasteiger partial charge in [0.05, 0.1) is 4.92 Å². The number of hydrogen-bond acceptors (Lipinski definition) is 7. The van der Waals surface area contributed by atoms with E-state index in [0.29, 0.717) is 22.6 Å². The van der Waals surface area contributed by atoms with Gasteiger partial charge in [0.2, 0.25) is 6.79 Å². The first-order valence-electron chi connectivity index (χ1n) is 10.7. The smallest absolute Gasteiger partial charge is 0.287 e. The minimum absolute atomic E-state index is 0.00703. The van der Waals surface area contributed by atoms with Crippen molar-refractivity contribution in [2.24, 2.45) is 5.10 Å². The Morgan fingerprint density at radius 1 is 0.944 bits per heavy atom. The van der Waals surface area contributed by atoms with Crippen molar-refractivity contribution >= 4 is 35.9 Å². The molecule has 180 valence electrons. The molecule has 0 spiro atoms. The molecular weight excluding hydrogens is 464 g/mol. The van der Waals surface area contributed by atoms with Crippen LogP contribution in [0.5, 0.6) is 11.5 Å². The maximum Gasteiger partial charge on any atom is 0.287 e. The summed E-state index contributed by atoms with van der Waals surface area (Å²) in [4.78, 5) is 35.7. The molecule has 0 aromatic heterocycles. The standard InChI is InChI=1S/C26H20N4O6/c31-25(20-6-2-1-3-7-20)28-22(15-19-10-13-23-24(16-19)36-17-35-23)26(32)29-27-14-4-5-18-8-11-21(12-9-18)30(33)34/h1-16H,17H2,(H,28,31)(H,29,32). The number of rotatable bonds is 8. The third kappa shape index (κ3) is 6.20. The number of amides is 2. The van der Waals surface area contributed by atoms with Crippen LogP contribution in [0, 0.1) is 10.1 Å². The largest absolute Gasteiger partial charge is 0.454 e. The van der Waals surface area contributed by atoms with Crippen LogP contribution in [0.25, 0.3) is 12.2 Å². The highest BCUT2D eigenvalue weighted by atomic mass is 16.7. The van der Waals surface area contributed by atoms with Gasteiger partial charge in [-0.2, -0.15) is 5.10 Å². The summed E-state index contributed by atoms with van der Waals surface area (Å²) in [5, 5.41) is 17.2. The molecule has 0 atom stereocenters. The SMILES string of the molecule is O=C(NN=CC=Cc1ccc([N+](=O)[O-])cc1)C(=Cc1ccc2c(c1)OCO2)NC(=O)c1ccccc1. The fourth-order valence-corrected chi connectivity index (χ4v) is 3.17. The van der Waals surface area contributed by atoms with Gasteiger partial charge in [0.1, 0.15) is 5.70 Å². The third-order valence-corrected chi connectivity index (χ3v) is 4.96. The number of ether oxygens (including phenoxy) is 2. The molecule has 0 aliphatic carbocycles. The zero-order chi connectivity index (χ0) is 25.3. The number of nitrogens with zero attached hydrogens (tertiary/aromatic N) is 2. The van der Waals surface area contributed by atoms with E-state index in [1.807, 2.05) is 0 Å². The molecule has 1 heterocycles. The number of nitrogens with one attached hydrogen (secondary N) is 2. The van der Waals surface area contributed by atoms with Crippen molar-refractivity contribution in [1.82, 2.24) is 10.7 Å². The summed E-state index contributed by atoms with van der Waals surface area (Å²) in [6.45, 7) is 0.114. The molecule has 2 amide bonds. The van der Waals surface area contributed by atoms with Crippen LogP contribution in [-0.2, 0) is 4.79 Å². The second-order valence-electron chi connectivity index (χ2n) is 7.42. The van der Waals surface area contributed by atoms with E-state index in [1.54, 1.807) is 72.8 Å². The monoisotopic (exact) mass is 484 g/mol. The first-order valence-corrected chi connectivity index (χ1v) is 10.7. The number of non-ortho nitro benzene ring substituents is 1. The molecule has 1 aliphatic heterocycles. The van der Waals surface area contributed by atoms with Crippen molar-refractivity contribution in [1.29, 1.82) is 0 Å². The maximum atomic E-state index is 12.8. The maximum absolute atomic E-state index is 12.8. The normalized spacial score (nSPS) is 12.6. The number of fused-ring (bicyclic) bond motifs is 1. The van der Waals surface area contributed by atoms with Gasteiger partial charge in [-0.25, -0.2) is 5.43 Å². The van der Waals surface area contributed by atoms with E-state index in [0.717, 1.165) is 5.56 Å². The molecule has 0 fully saturated rings. The number of carbonyl (C=O) groups is 2. The van der Waals surface area contributed by atoms with E-state index >= 15 is 0 Å². The molecule has 10 nitrogen and oxygen atoms in total. The number of hydrazone groups is 1. The predicted octanol–water partition coefficient (Wildman–Crippen LogP) is 3.91. The lowest BCUT2D eigenvalue weighted by atomic mass is 10.1. The third-order valence-electron chi connectivity index (χ3n) is 4.96. The van der Waals surface area contributed by atoms with Crippen molar-refractivity contribution in [3.8, 4) is 11.5 Å². The molecule has 3 aromatic rings. The van der Waals surface area contributed by atoms with Crippen LogP contribution < -0.4 is 20.2 Å². The zero-order valence-electron chi connectivity index (χ0n) is 18.8. The van der Waals surface area contributed by atoms with E-state index in [2.05, 4.69) is 15.8 Å². The van der Waals surface area contributed by atoms with Gasteiger partial charge in [-0.1, -0.05) is 30.3 Å². The number of benzene rings is 3. The molecule has 0 radical (unpaired) electrons. The molecule has 10 heteroatoms. The molecule has 3 aromatic carbocycles. The fraction of sp³-hybridized carbons (Fsp3) is 0.0385. The lowest BCUT2D eigenvalue weighted by Crippen LogP contribution is -2.32. The van der Waals surface area contributed by atoms with Crippen LogP contribution in [0.4, 0.5) is 5.69 Å². The molecule has 4 rings (SSSR count). The van der Waals surface area contributed by atoms with Crippen LogP contribution in [0.2, 0.25) is 0 Å². The first kappa shape index (κ1) is 23.9. The predicted molar refractivity (Wildman–Crippen MR) is 133 cm³/mol. The van der Waals surface area contributed by atoms with Crippen molar-refractivity contribution in [3.63, 3.8) is 0 Å². The van der Waals surface area contributed by atoms with Gasteiger partial charge in [0.25, 0.3) is 17.5 Å². The first-order chi connectivity index (χ1) is 17.5. The summed E-state index contributed by atoms with van der Waals surface area (Å²) >= 11 is 0. The minimum atomic E-state index is -0.642. The van der Waals surface area contributed by atoms with Crippen molar-refractivity contribution in [2.45, 2.75) is 0 Å². The molecule has 0 saturated heterocycles. The Balaban J connectivity index is 1.46. The van der Waals surface area contributed by atoms with Gasteiger partial charge < -0.3 is 14.8 Å². The average Bonchev–Trinajstić information content (AvgIpc) is 3.36.